The van der Waals surface area contributed by atoms with Crippen molar-refractivity contribution < 1.29 is 22.7 Å². The van der Waals surface area contributed by atoms with E-state index in [1.165, 1.54) is 30.3 Å². The first-order valence-corrected chi connectivity index (χ1v) is 5.97. The van der Waals surface area contributed by atoms with Crippen molar-refractivity contribution in [2.24, 2.45) is 0 Å². The van der Waals surface area contributed by atoms with Crippen LogP contribution in [0.25, 0.3) is 0 Å². The third-order valence-electron chi connectivity index (χ3n) is 2.96. The summed E-state index contributed by atoms with van der Waals surface area (Å²) in [4.78, 5) is 0. The standard InChI is InChI=1S/C15H12F4O/c16-12-5-4-9(6-13(12)17)7-14(20)10-2-1-3-11(8-10)15(18)19/h1-6,8,14-15,20H,7H2. The summed E-state index contributed by atoms with van der Waals surface area (Å²) in [5.41, 5.74) is 0.512. The van der Waals surface area contributed by atoms with E-state index in [4.69, 9.17) is 0 Å². The number of hydrogen-bond donors (Lipinski definition) is 1. The number of aliphatic hydroxyl groups excluding tert-OH is 1. The van der Waals surface area contributed by atoms with E-state index in [2.05, 4.69) is 0 Å². The van der Waals surface area contributed by atoms with Gasteiger partial charge in [-0.2, -0.15) is 0 Å². The zero-order valence-corrected chi connectivity index (χ0v) is 10.4. The van der Waals surface area contributed by atoms with Crippen molar-refractivity contribution in [2.45, 2.75) is 19.0 Å². The van der Waals surface area contributed by atoms with Crippen molar-refractivity contribution in [1.82, 2.24) is 0 Å². The number of benzene rings is 2. The molecule has 0 bridgehead atoms. The number of rotatable bonds is 4. The Labute approximate surface area is 113 Å². The topological polar surface area (TPSA) is 20.2 Å². The number of aliphatic hydroxyl groups is 1. The second-order valence-electron chi connectivity index (χ2n) is 4.44. The molecule has 0 saturated carbocycles. The van der Waals surface area contributed by atoms with Crippen molar-refractivity contribution >= 4 is 0 Å². The lowest BCUT2D eigenvalue weighted by Gasteiger charge is -2.12. The fourth-order valence-corrected chi connectivity index (χ4v) is 1.91. The monoisotopic (exact) mass is 284 g/mol. The largest absolute Gasteiger partial charge is 0.388 e. The van der Waals surface area contributed by atoms with Gasteiger partial charge in [-0.1, -0.05) is 24.3 Å². The van der Waals surface area contributed by atoms with Gasteiger partial charge in [0, 0.05) is 12.0 Å². The van der Waals surface area contributed by atoms with Gasteiger partial charge in [0.1, 0.15) is 0 Å². The summed E-state index contributed by atoms with van der Waals surface area (Å²) in [5, 5.41) is 9.98. The molecule has 2 rings (SSSR count). The van der Waals surface area contributed by atoms with Gasteiger partial charge in [0.2, 0.25) is 0 Å². The van der Waals surface area contributed by atoms with Gasteiger partial charge in [-0.3, -0.25) is 0 Å². The Balaban J connectivity index is 2.17. The minimum Gasteiger partial charge on any atom is -0.388 e. The highest BCUT2D eigenvalue weighted by atomic mass is 19.3. The molecule has 1 atom stereocenters. The predicted octanol–water partition coefficient (Wildman–Crippen LogP) is 4.18. The van der Waals surface area contributed by atoms with E-state index in [1.54, 1.807) is 0 Å². The first-order valence-electron chi connectivity index (χ1n) is 5.97. The second-order valence-corrected chi connectivity index (χ2v) is 4.44. The number of hydrogen-bond acceptors (Lipinski definition) is 1. The molecule has 0 radical (unpaired) electrons. The zero-order chi connectivity index (χ0) is 14.7. The molecule has 0 saturated heterocycles. The maximum Gasteiger partial charge on any atom is 0.263 e. The Morgan fingerprint density at radius 2 is 1.60 bits per heavy atom. The van der Waals surface area contributed by atoms with Crippen LogP contribution in [0.1, 0.15) is 29.2 Å². The summed E-state index contributed by atoms with van der Waals surface area (Å²) in [6.07, 6.45) is -3.66. The molecule has 2 aromatic carbocycles. The minimum absolute atomic E-state index is 0.0177. The van der Waals surface area contributed by atoms with Crippen molar-refractivity contribution in [2.75, 3.05) is 0 Å². The van der Waals surface area contributed by atoms with Crippen LogP contribution in [0, 0.1) is 11.6 Å². The van der Waals surface area contributed by atoms with Crippen molar-refractivity contribution in [3.05, 3.63) is 70.8 Å². The first-order chi connectivity index (χ1) is 9.47. The van der Waals surface area contributed by atoms with Crippen LogP contribution in [0.4, 0.5) is 17.6 Å². The molecule has 0 spiro atoms. The number of halogens is 4. The molecule has 5 heteroatoms. The van der Waals surface area contributed by atoms with Gasteiger partial charge < -0.3 is 5.11 Å². The molecule has 0 fully saturated rings. The van der Waals surface area contributed by atoms with Gasteiger partial charge in [0.05, 0.1) is 6.10 Å². The average Bonchev–Trinajstić information content (AvgIpc) is 2.43. The summed E-state index contributed by atoms with van der Waals surface area (Å²) in [7, 11) is 0. The molecule has 1 N–H and O–H groups in total. The molecule has 20 heavy (non-hydrogen) atoms. The first kappa shape index (κ1) is 14.5. The zero-order valence-electron chi connectivity index (χ0n) is 10.4. The summed E-state index contributed by atoms with van der Waals surface area (Å²) in [6, 6.07) is 8.69. The highest BCUT2D eigenvalue weighted by Gasteiger charge is 2.13. The van der Waals surface area contributed by atoms with E-state index in [9.17, 15) is 22.7 Å². The third-order valence-corrected chi connectivity index (χ3v) is 2.96. The van der Waals surface area contributed by atoms with Gasteiger partial charge in [-0.15, -0.1) is 0 Å². The smallest absolute Gasteiger partial charge is 0.263 e. The molecule has 0 aliphatic rings. The van der Waals surface area contributed by atoms with Crippen LogP contribution in [0.3, 0.4) is 0 Å². The Hall–Kier alpha value is -1.88. The van der Waals surface area contributed by atoms with Gasteiger partial charge in [0.15, 0.2) is 11.6 Å². The lowest BCUT2D eigenvalue weighted by atomic mass is 10.00. The fraction of sp³-hybridized carbons (Fsp3) is 0.200. The van der Waals surface area contributed by atoms with Gasteiger partial charge in [-0.25, -0.2) is 17.6 Å². The molecule has 2 aromatic rings. The van der Waals surface area contributed by atoms with Crippen molar-refractivity contribution in [3.8, 4) is 0 Å². The molecular formula is C15H12F4O. The summed E-state index contributed by atoms with van der Waals surface area (Å²) in [6.45, 7) is 0. The van der Waals surface area contributed by atoms with E-state index in [1.807, 2.05) is 0 Å². The molecule has 1 nitrogen and oxygen atoms in total. The van der Waals surface area contributed by atoms with Crippen LogP contribution in [-0.4, -0.2) is 5.11 Å². The Morgan fingerprint density at radius 3 is 2.25 bits per heavy atom. The summed E-state index contributed by atoms with van der Waals surface area (Å²) >= 11 is 0. The SMILES string of the molecule is OC(Cc1ccc(F)c(F)c1)c1cccc(C(F)F)c1. The predicted molar refractivity (Wildman–Crippen MR) is 66.4 cm³/mol. The summed E-state index contributed by atoms with van der Waals surface area (Å²) < 4.78 is 50.9. The van der Waals surface area contributed by atoms with Gasteiger partial charge >= 0.3 is 0 Å². The molecule has 1 unspecified atom stereocenters. The van der Waals surface area contributed by atoms with E-state index >= 15 is 0 Å². The highest BCUT2D eigenvalue weighted by Crippen LogP contribution is 2.24. The van der Waals surface area contributed by atoms with Crippen LogP contribution in [0.5, 0.6) is 0 Å². The van der Waals surface area contributed by atoms with Crippen LogP contribution < -0.4 is 0 Å². The average molecular weight is 284 g/mol. The molecule has 0 aliphatic heterocycles. The Kier molecular flexibility index (Phi) is 4.39. The van der Waals surface area contributed by atoms with Crippen LogP contribution in [0.15, 0.2) is 42.5 Å². The van der Waals surface area contributed by atoms with Gasteiger partial charge in [-0.05, 0) is 29.3 Å². The molecule has 0 aliphatic carbocycles. The van der Waals surface area contributed by atoms with E-state index in [0.29, 0.717) is 11.1 Å². The molecule has 0 aromatic heterocycles. The number of alkyl halides is 2. The maximum atomic E-state index is 13.0. The van der Waals surface area contributed by atoms with Crippen LogP contribution in [0.2, 0.25) is 0 Å². The van der Waals surface area contributed by atoms with Crippen molar-refractivity contribution in [3.63, 3.8) is 0 Å². The van der Waals surface area contributed by atoms with Gasteiger partial charge in [0.25, 0.3) is 6.43 Å². The highest BCUT2D eigenvalue weighted by molar-refractivity contribution is 5.28. The fourth-order valence-electron chi connectivity index (χ4n) is 1.91. The van der Waals surface area contributed by atoms with Crippen LogP contribution >= 0.6 is 0 Å². The van der Waals surface area contributed by atoms with Crippen LogP contribution in [-0.2, 0) is 6.42 Å². The maximum absolute atomic E-state index is 13.0. The lowest BCUT2D eigenvalue weighted by molar-refractivity contribution is 0.149. The second kappa shape index (κ2) is 6.05. The van der Waals surface area contributed by atoms with E-state index in [-0.39, 0.29) is 12.0 Å². The quantitative estimate of drug-likeness (QED) is 0.835. The molecule has 106 valence electrons. The van der Waals surface area contributed by atoms with Crippen molar-refractivity contribution in [1.29, 1.82) is 0 Å². The lowest BCUT2D eigenvalue weighted by Crippen LogP contribution is -2.03. The Morgan fingerprint density at radius 1 is 0.900 bits per heavy atom. The minimum atomic E-state index is -2.62. The summed E-state index contributed by atoms with van der Waals surface area (Å²) in [5.74, 6) is -1.97. The Bertz CT molecular complexity index is 598. The third kappa shape index (κ3) is 3.36. The molecule has 0 heterocycles. The van der Waals surface area contributed by atoms with E-state index < -0.39 is 24.2 Å². The van der Waals surface area contributed by atoms with E-state index in [0.717, 1.165) is 12.1 Å². The normalized spacial score (nSPS) is 12.7. The molecular weight excluding hydrogens is 272 g/mol. The molecule has 0 amide bonds.